The lowest BCUT2D eigenvalue weighted by Gasteiger charge is -2.38. The van der Waals surface area contributed by atoms with Crippen molar-refractivity contribution in [2.24, 2.45) is 0 Å². The van der Waals surface area contributed by atoms with Gasteiger partial charge in [0.15, 0.2) is 0 Å². The van der Waals surface area contributed by atoms with E-state index < -0.39 is 5.60 Å². The van der Waals surface area contributed by atoms with Crippen molar-refractivity contribution in [1.29, 1.82) is 0 Å². The van der Waals surface area contributed by atoms with Gasteiger partial charge >= 0.3 is 6.09 Å². The third kappa shape index (κ3) is 3.26. The Balaban J connectivity index is 1.58. The van der Waals surface area contributed by atoms with Gasteiger partial charge in [0, 0.05) is 37.1 Å². The number of aromatic nitrogens is 2. The molecule has 0 saturated carbocycles. The van der Waals surface area contributed by atoms with Crippen molar-refractivity contribution >= 4 is 12.0 Å². The average molecular weight is 382 g/mol. The molecule has 2 fully saturated rings. The third-order valence-electron chi connectivity index (χ3n) is 5.21. The molecule has 1 aromatic carbocycles. The Hall–Kier alpha value is -3.16. The second-order valence-electron chi connectivity index (χ2n) is 7.23. The molecule has 146 valence electrons. The van der Waals surface area contributed by atoms with E-state index in [1.165, 1.54) is 7.11 Å². The maximum Gasteiger partial charge on any atom is 0.410 e. The fourth-order valence-corrected chi connectivity index (χ4v) is 3.93. The van der Waals surface area contributed by atoms with Crippen molar-refractivity contribution in [3.63, 3.8) is 0 Å². The zero-order valence-corrected chi connectivity index (χ0v) is 15.9. The van der Waals surface area contributed by atoms with Crippen molar-refractivity contribution in [1.82, 2.24) is 19.8 Å². The summed E-state index contributed by atoms with van der Waals surface area (Å²) in [6.45, 7) is 1.55. The summed E-state index contributed by atoms with van der Waals surface area (Å²) >= 11 is 0. The largest absolute Gasteiger partial charge is 0.479 e. The van der Waals surface area contributed by atoms with E-state index in [2.05, 4.69) is 9.97 Å². The standard InChI is InChI=1S/C20H22N4O4/c1-23-12-20(28-19(23)26)7-4-10-24(13-20)18(25)15-6-3-5-14(11-15)16-17(27-2)22-9-8-21-16/h3,5-6,8-9,11H,4,7,10,12-13H2,1-2H3. The predicted molar refractivity (Wildman–Crippen MR) is 101 cm³/mol. The van der Waals surface area contributed by atoms with Crippen molar-refractivity contribution in [3.05, 3.63) is 42.2 Å². The van der Waals surface area contributed by atoms with Crippen LogP contribution in [0.5, 0.6) is 5.88 Å². The van der Waals surface area contributed by atoms with E-state index in [0.29, 0.717) is 36.8 Å². The minimum Gasteiger partial charge on any atom is -0.479 e. The molecule has 28 heavy (non-hydrogen) atoms. The highest BCUT2D eigenvalue weighted by Crippen LogP contribution is 2.32. The van der Waals surface area contributed by atoms with Crippen LogP contribution in [-0.4, -0.2) is 71.2 Å². The third-order valence-corrected chi connectivity index (χ3v) is 5.21. The minimum absolute atomic E-state index is 0.0885. The first-order valence-electron chi connectivity index (χ1n) is 9.20. The van der Waals surface area contributed by atoms with Gasteiger partial charge in [0.2, 0.25) is 5.88 Å². The molecule has 2 aliphatic heterocycles. The second kappa shape index (κ2) is 7.10. The SMILES string of the molecule is COc1nccnc1-c1cccc(C(=O)N2CCCC3(CN(C)C(=O)O3)C2)c1. The molecule has 8 heteroatoms. The van der Waals surface area contributed by atoms with Gasteiger partial charge in [-0.2, -0.15) is 0 Å². The summed E-state index contributed by atoms with van der Waals surface area (Å²) < 4.78 is 10.9. The molecular weight excluding hydrogens is 360 g/mol. The highest BCUT2D eigenvalue weighted by molar-refractivity contribution is 5.95. The molecule has 2 saturated heterocycles. The van der Waals surface area contributed by atoms with Crippen LogP contribution >= 0.6 is 0 Å². The highest BCUT2D eigenvalue weighted by atomic mass is 16.6. The number of piperidine rings is 1. The topological polar surface area (TPSA) is 84.9 Å². The molecule has 8 nitrogen and oxygen atoms in total. The van der Waals surface area contributed by atoms with Gasteiger partial charge in [-0.25, -0.2) is 14.8 Å². The van der Waals surface area contributed by atoms with Crippen molar-refractivity contribution in [2.45, 2.75) is 18.4 Å². The number of carbonyl (C=O) groups excluding carboxylic acids is 2. The molecule has 1 unspecified atom stereocenters. The Morgan fingerprint density at radius 2 is 2.07 bits per heavy atom. The number of likely N-dealkylation sites (N-methyl/N-ethyl adjacent to an activating group) is 1. The number of methoxy groups -OCH3 is 1. The van der Waals surface area contributed by atoms with Crippen molar-refractivity contribution < 1.29 is 19.1 Å². The summed E-state index contributed by atoms with van der Waals surface area (Å²) in [5.41, 5.74) is 1.29. The number of ether oxygens (including phenoxy) is 2. The Morgan fingerprint density at radius 1 is 1.25 bits per heavy atom. The quantitative estimate of drug-likeness (QED) is 0.809. The average Bonchev–Trinajstić information content (AvgIpc) is 2.99. The molecule has 2 aliphatic rings. The summed E-state index contributed by atoms with van der Waals surface area (Å²) in [5, 5.41) is 0. The first-order chi connectivity index (χ1) is 13.5. The van der Waals surface area contributed by atoms with Crippen LogP contribution in [0.15, 0.2) is 36.7 Å². The predicted octanol–water partition coefficient (Wildman–Crippen LogP) is 2.21. The zero-order valence-electron chi connectivity index (χ0n) is 15.9. The summed E-state index contributed by atoms with van der Waals surface area (Å²) in [5.74, 6) is 0.319. The number of amides is 2. The molecule has 1 aromatic heterocycles. The first kappa shape index (κ1) is 18.2. The fourth-order valence-electron chi connectivity index (χ4n) is 3.93. The van der Waals surface area contributed by atoms with E-state index in [-0.39, 0.29) is 12.0 Å². The molecule has 0 N–H and O–H groups in total. The van der Waals surface area contributed by atoms with Crippen LogP contribution in [0.3, 0.4) is 0 Å². The van der Waals surface area contributed by atoms with Crippen LogP contribution in [0.1, 0.15) is 23.2 Å². The molecule has 1 spiro atoms. The van der Waals surface area contributed by atoms with Crippen molar-refractivity contribution in [2.75, 3.05) is 33.8 Å². The van der Waals surface area contributed by atoms with Crippen molar-refractivity contribution in [3.8, 4) is 17.1 Å². The Morgan fingerprint density at radius 3 is 2.82 bits per heavy atom. The lowest BCUT2D eigenvalue weighted by atomic mass is 9.92. The number of likely N-dealkylation sites (tertiary alicyclic amines) is 1. The molecule has 0 radical (unpaired) electrons. The zero-order chi connectivity index (χ0) is 19.7. The van der Waals surface area contributed by atoms with Gasteiger partial charge < -0.3 is 19.3 Å². The number of nitrogens with zero attached hydrogens (tertiary/aromatic N) is 4. The molecule has 3 heterocycles. The maximum absolute atomic E-state index is 13.1. The van der Waals surface area contributed by atoms with Crippen LogP contribution in [0.2, 0.25) is 0 Å². The maximum atomic E-state index is 13.1. The smallest absolute Gasteiger partial charge is 0.410 e. The normalized spacial score (nSPS) is 21.7. The van der Waals surface area contributed by atoms with Gasteiger partial charge in [-0.3, -0.25) is 4.79 Å². The Labute approximate surface area is 163 Å². The lowest BCUT2D eigenvalue weighted by molar-refractivity contribution is -0.00520. The lowest BCUT2D eigenvalue weighted by Crippen LogP contribution is -2.52. The summed E-state index contributed by atoms with van der Waals surface area (Å²) in [6, 6.07) is 7.26. The van der Waals surface area contributed by atoms with Gasteiger partial charge in [0.05, 0.1) is 20.2 Å². The molecule has 2 amide bonds. The Kier molecular flexibility index (Phi) is 4.62. The number of hydrogen-bond donors (Lipinski definition) is 0. The monoisotopic (exact) mass is 382 g/mol. The number of benzene rings is 1. The van der Waals surface area contributed by atoms with E-state index >= 15 is 0 Å². The van der Waals surface area contributed by atoms with Gasteiger partial charge in [0.1, 0.15) is 11.3 Å². The van der Waals surface area contributed by atoms with Gasteiger partial charge in [0.25, 0.3) is 5.91 Å². The van der Waals surface area contributed by atoms with Gasteiger partial charge in [-0.1, -0.05) is 12.1 Å². The van der Waals surface area contributed by atoms with Crippen LogP contribution in [0, 0.1) is 0 Å². The summed E-state index contributed by atoms with van der Waals surface area (Å²) in [4.78, 5) is 36.8. The van der Waals surface area contributed by atoms with E-state index in [0.717, 1.165) is 18.4 Å². The van der Waals surface area contributed by atoms with E-state index in [9.17, 15) is 9.59 Å². The summed E-state index contributed by atoms with van der Waals surface area (Å²) in [7, 11) is 3.26. The minimum atomic E-state index is -0.606. The van der Waals surface area contributed by atoms with Crippen LogP contribution < -0.4 is 4.74 Å². The molecule has 0 bridgehead atoms. The fraction of sp³-hybridized carbons (Fsp3) is 0.400. The molecular formula is C20H22N4O4. The van der Waals surface area contributed by atoms with Crippen LogP contribution in [0.25, 0.3) is 11.3 Å². The molecule has 4 rings (SSSR count). The van der Waals surface area contributed by atoms with E-state index in [1.54, 1.807) is 41.4 Å². The molecule has 0 aliphatic carbocycles. The molecule has 2 aromatic rings. The first-order valence-corrected chi connectivity index (χ1v) is 9.20. The second-order valence-corrected chi connectivity index (χ2v) is 7.23. The number of hydrogen-bond acceptors (Lipinski definition) is 6. The van der Waals surface area contributed by atoms with Crippen LogP contribution in [-0.2, 0) is 4.74 Å². The highest BCUT2D eigenvalue weighted by Gasteiger charge is 2.47. The van der Waals surface area contributed by atoms with Gasteiger partial charge in [-0.05, 0) is 25.0 Å². The van der Waals surface area contributed by atoms with E-state index in [4.69, 9.17) is 9.47 Å². The summed E-state index contributed by atoms with van der Waals surface area (Å²) in [6.07, 6.45) is 4.38. The Bertz CT molecular complexity index is 919. The number of rotatable bonds is 3. The van der Waals surface area contributed by atoms with E-state index in [1.807, 2.05) is 12.1 Å². The van der Waals surface area contributed by atoms with Gasteiger partial charge in [-0.15, -0.1) is 0 Å². The molecule has 1 atom stereocenters. The van der Waals surface area contributed by atoms with Crippen LogP contribution in [0.4, 0.5) is 4.79 Å². The number of carbonyl (C=O) groups is 2.